The normalized spacial score (nSPS) is 24.1. The SMILES string of the molecule is C#CCC(NC(=O)N(C)C1CCCCC1C)C(=O)O. The van der Waals surface area contributed by atoms with Crippen molar-refractivity contribution in [2.24, 2.45) is 5.92 Å². The van der Waals surface area contributed by atoms with Crippen LogP contribution in [0.25, 0.3) is 0 Å². The Balaban J connectivity index is 2.60. The molecule has 19 heavy (non-hydrogen) atoms. The molecule has 3 atom stereocenters. The third-order valence-electron chi connectivity index (χ3n) is 3.80. The zero-order chi connectivity index (χ0) is 14.4. The van der Waals surface area contributed by atoms with Gasteiger partial charge in [0.25, 0.3) is 0 Å². The van der Waals surface area contributed by atoms with Gasteiger partial charge in [-0.05, 0) is 18.8 Å². The standard InChI is InChI=1S/C14H22N2O3/c1-4-7-11(13(17)18)15-14(19)16(3)12-9-6-5-8-10(12)2/h1,10-12H,5-9H2,2-3H3,(H,15,19)(H,17,18). The summed E-state index contributed by atoms with van der Waals surface area (Å²) in [6, 6.07) is -1.20. The van der Waals surface area contributed by atoms with Crippen LogP contribution in [0, 0.1) is 18.3 Å². The van der Waals surface area contributed by atoms with Crippen molar-refractivity contribution in [3.63, 3.8) is 0 Å². The van der Waals surface area contributed by atoms with Crippen molar-refractivity contribution in [2.45, 2.75) is 51.1 Å². The maximum atomic E-state index is 12.1. The summed E-state index contributed by atoms with van der Waals surface area (Å²) in [5.41, 5.74) is 0. The Kier molecular flexibility index (Phi) is 5.68. The molecule has 3 unspecified atom stereocenters. The first-order valence-electron chi connectivity index (χ1n) is 6.67. The Labute approximate surface area is 114 Å². The fraction of sp³-hybridized carbons (Fsp3) is 0.714. The molecule has 0 radical (unpaired) electrons. The number of nitrogens with zero attached hydrogens (tertiary/aromatic N) is 1. The summed E-state index contributed by atoms with van der Waals surface area (Å²) in [7, 11) is 1.72. The first kappa shape index (κ1) is 15.4. The van der Waals surface area contributed by atoms with Crippen LogP contribution in [-0.2, 0) is 4.79 Å². The molecule has 0 aromatic heterocycles. The van der Waals surface area contributed by atoms with Gasteiger partial charge in [0.1, 0.15) is 6.04 Å². The average Bonchev–Trinajstić information content (AvgIpc) is 2.37. The Morgan fingerprint density at radius 1 is 1.47 bits per heavy atom. The van der Waals surface area contributed by atoms with Gasteiger partial charge in [0, 0.05) is 19.5 Å². The Hall–Kier alpha value is -1.70. The van der Waals surface area contributed by atoms with Crippen LogP contribution in [0.2, 0.25) is 0 Å². The van der Waals surface area contributed by atoms with E-state index >= 15 is 0 Å². The number of aliphatic carboxylic acids is 1. The van der Waals surface area contributed by atoms with Gasteiger partial charge in [-0.15, -0.1) is 12.3 Å². The van der Waals surface area contributed by atoms with Crippen molar-refractivity contribution >= 4 is 12.0 Å². The summed E-state index contributed by atoms with van der Waals surface area (Å²) >= 11 is 0. The molecular weight excluding hydrogens is 244 g/mol. The van der Waals surface area contributed by atoms with Gasteiger partial charge in [0.15, 0.2) is 0 Å². The van der Waals surface area contributed by atoms with Gasteiger partial charge in [-0.1, -0.05) is 19.8 Å². The largest absolute Gasteiger partial charge is 0.480 e. The molecule has 106 valence electrons. The lowest BCUT2D eigenvalue weighted by molar-refractivity contribution is -0.139. The number of carbonyl (C=O) groups excluding carboxylic acids is 1. The summed E-state index contributed by atoms with van der Waals surface area (Å²) in [5, 5.41) is 11.4. The molecule has 0 heterocycles. The summed E-state index contributed by atoms with van der Waals surface area (Å²) in [5.74, 6) is 1.61. The number of hydrogen-bond acceptors (Lipinski definition) is 2. The van der Waals surface area contributed by atoms with Crippen LogP contribution in [0.4, 0.5) is 4.79 Å². The van der Waals surface area contributed by atoms with Gasteiger partial charge in [0.2, 0.25) is 0 Å². The number of carbonyl (C=O) groups is 2. The molecule has 0 saturated heterocycles. The van der Waals surface area contributed by atoms with Gasteiger partial charge in [-0.3, -0.25) is 0 Å². The highest BCUT2D eigenvalue weighted by Gasteiger charge is 2.29. The fourth-order valence-corrected chi connectivity index (χ4v) is 2.59. The van der Waals surface area contributed by atoms with Crippen LogP contribution in [0.5, 0.6) is 0 Å². The van der Waals surface area contributed by atoms with Gasteiger partial charge in [0.05, 0.1) is 0 Å². The molecular formula is C14H22N2O3. The first-order chi connectivity index (χ1) is 8.97. The third-order valence-corrected chi connectivity index (χ3v) is 3.80. The van der Waals surface area contributed by atoms with Gasteiger partial charge >= 0.3 is 12.0 Å². The van der Waals surface area contributed by atoms with E-state index < -0.39 is 12.0 Å². The molecule has 5 nitrogen and oxygen atoms in total. The molecule has 1 aliphatic rings. The number of urea groups is 1. The van der Waals surface area contributed by atoms with Crippen molar-refractivity contribution in [3.05, 3.63) is 0 Å². The van der Waals surface area contributed by atoms with Crippen molar-refractivity contribution in [3.8, 4) is 12.3 Å². The highest BCUT2D eigenvalue weighted by atomic mass is 16.4. The van der Waals surface area contributed by atoms with E-state index in [1.54, 1.807) is 11.9 Å². The molecule has 0 spiro atoms. The molecule has 0 aliphatic heterocycles. The highest BCUT2D eigenvalue weighted by molar-refractivity contribution is 5.82. The molecule has 1 saturated carbocycles. The predicted molar refractivity (Wildman–Crippen MR) is 72.6 cm³/mol. The van der Waals surface area contributed by atoms with E-state index in [-0.39, 0.29) is 18.5 Å². The van der Waals surface area contributed by atoms with Crippen molar-refractivity contribution in [1.29, 1.82) is 0 Å². The maximum Gasteiger partial charge on any atom is 0.327 e. The maximum absolute atomic E-state index is 12.1. The van der Waals surface area contributed by atoms with E-state index in [4.69, 9.17) is 11.5 Å². The lowest BCUT2D eigenvalue weighted by atomic mass is 9.85. The zero-order valence-electron chi connectivity index (χ0n) is 11.6. The quantitative estimate of drug-likeness (QED) is 0.761. The number of amides is 2. The molecule has 5 heteroatoms. The molecule has 2 N–H and O–H groups in total. The van der Waals surface area contributed by atoms with Crippen molar-refractivity contribution in [2.75, 3.05) is 7.05 Å². The van der Waals surface area contributed by atoms with Crippen LogP contribution in [0.1, 0.15) is 39.0 Å². The molecule has 1 rings (SSSR count). The minimum atomic E-state index is -1.10. The Morgan fingerprint density at radius 2 is 2.11 bits per heavy atom. The topological polar surface area (TPSA) is 69.6 Å². The summed E-state index contributed by atoms with van der Waals surface area (Å²) in [6.45, 7) is 2.13. The van der Waals surface area contributed by atoms with Crippen LogP contribution in [0.15, 0.2) is 0 Å². The van der Waals surface area contributed by atoms with E-state index in [0.717, 1.165) is 19.3 Å². The molecule has 0 aromatic rings. The smallest absolute Gasteiger partial charge is 0.327 e. The number of carboxylic acids is 1. The second-order valence-electron chi connectivity index (χ2n) is 5.19. The number of carboxylic acid groups (broad SMARTS) is 1. The molecule has 0 aromatic carbocycles. The minimum absolute atomic E-state index is 0.00483. The minimum Gasteiger partial charge on any atom is -0.480 e. The molecule has 2 amide bonds. The fourth-order valence-electron chi connectivity index (χ4n) is 2.59. The van der Waals surface area contributed by atoms with Crippen LogP contribution in [-0.4, -0.2) is 41.1 Å². The average molecular weight is 266 g/mol. The van der Waals surface area contributed by atoms with Gasteiger partial charge in [-0.25, -0.2) is 9.59 Å². The van der Waals surface area contributed by atoms with Gasteiger partial charge < -0.3 is 15.3 Å². The van der Waals surface area contributed by atoms with E-state index in [0.29, 0.717) is 5.92 Å². The van der Waals surface area contributed by atoms with Crippen LogP contribution in [0.3, 0.4) is 0 Å². The van der Waals surface area contributed by atoms with Gasteiger partial charge in [-0.2, -0.15) is 0 Å². The Morgan fingerprint density at radius 3 is 2.63 bits per heavy atom. The van der Waals surface area contributed by atoms with E-state index in [2.05, 4.69) is 18.2 Å². The molecule has 0 bridgehead atoms. The highest BCUT2D eigenvalue weighted by Crippen LogP contribution is 2.27. The molecule has 1 aliphatic carbocycles. The lowest BCUT2D eigenvalue weighted by Gasteiger charge is -2.36. The number of hydrogen-bond donors (Lipinski definition) is 2. The number of terminal acetylenes is 1. The Bertz CT molecular complexity index is 375. The van der Waals surface area contributed by atoms with E-state index in [1.165, 1.54) is 6.42 Å². The molecule has 1 fully saturated rings. The van der Waals surface area contributed by atoms with Crippen LogP contribution >= 0.6 is 0 Å². The summed E-state index contributed by atoms with van der Waals surface area (Å²) in [6.07, 6.45) is 9.48. The first-order valence-corrected chi connectivity index (χ1v) is 6.67. The second-order valence-corrected chi connectivity index (χ2v) is 5.19. The monoisotopic (exact) mass is 266 g/mol. The third kappa shape index (κ3) is 4.16. The summed E-state index contributed by atoms with van der Waals surface area (Å²) < 4.78 is 0. The summed E-state index contributed by atoms with van der Waals surface area (Å²) in [4.78, 5) is 24.6. The zero-order valence-corrected chi connectivity index (χ0v) is 11.6. The number of rotatable bonds is 4. The van der Waals surface area contributed by atoms with Crippen LogP contribution < -0.4 is 5.32 Å². The van der Waals surface area contributed by atoms with Crippen molar-refractivity contribution < 1.29 is 14.7 Å². The van der Waals surface area contributed by atoms with E-state index in [1.807, 2.05) is 0 Å². The predicted octanol–water partition coefficient (Wildman–Crippen LogP) is 1.68. The van der Waals surface area contributed by atoms with Crippen molar-refractivity contribution in [1.82, 2.24) is 10.2 Å². The van der Waals surface area contributed by atoms with E-state index in [9.17, 15) is 9.59 Å². The number of nitrogens with one attached hydrogen (secondary N) is 1. The lowest BCUT2D eigenvalue weighted by Crippen LogP contribution is -2.51. The second kappa shape index (κ2) is 7.03.